The number of rotatable bonds is 12. The predicted octanol–water partition coefficient (Wildman–Crippen LogP) is 6.74. The molecule has 4 heterocycles. The smallest absolute Gasteiger partial charge is 0.225 e. The minimum atomic E-state index is -0.294. The van der Waals surface area contributed by atoms with Crippen LogP contribution in [-0.4, -0.2) is 106 Å². The lowest BCUT2D eigenvalue weighted by molar-refractivity contribution is -0.142. The molecule has 3 aliphatic heterocycles. The monoisotopic (exact) mass is 739 g/mol. The van der Waals surface area contributed by atoms with Gasteiger partial charge < -0.3 is 28.7 Å². The standard InChI is InChI=1S/C44H61N5O5/c1-7-9-10-19-49-21-15-32-28-39(52-4)41(54-6)30-36(32)44(49)16-11-33(43(50)48-24-22-47(23-25-48)34-12-17-45-18-13-34)26-37(44)42-35-29-40(53-5)38(51-3)27-31(35)14-20-46(42)8-2/h12-13,17-18,27-30,33,37,42H,7-11,14-16,19-26H2,1-6H3. The highest BCUT2D eigenvalue weighted by Gasteiger charge is 2.56. The molecule has 4 unspecified atom stereocenters. The number of pyridine rings is 1. The number of piperazine rings is 1. The van der Waals surface area contributed by atoms with E-state index >= 15 is 0 Å². The number of carbonyl (C=O) groups excluding carboxylic acids is 1. The first kappa shape index (κ1) is 38.3. The molecule has 4 atom stereocenters. The van der Waals surface area contributed by atoms with E-state index in [0.29, 0.717) is 5.91 Å². The fourth-order valence-electron chi connectivity index (χ4n) is 10.4. The molecule has 1 saturated heterocycles. The Balaban J connectivity index is 1.33. The number of likely N-dealkylation sites (N-methyl/N-ethyl adjacent to an activating group) is 1. The van der Waals surface area contributed by atoms with Crippen LogP contribution in [0.5, 0.6) is 23.0 Å². The predicted molar refractivity (Wildman–Crippen MR) is 213 cm³/mol. The van der Waals surface area contributed by atoms with Crippen LogP contribution in [0.2, 0.25) is 0 Å². The van der Waals surface area contributed by atoms with Crippen molar-refractivity contribution in [2.24, 2.45) is 11.8 Å². The molecule has 54 heavy (non-hydrogen) atoms. The van der Waals surface area contributed by atoms with Gasteiger partial charge in [0.25, 0.3) is 0 Å². The molecular formula is C44H61N5O5. The number of aromatic nitrogens is 1. The molecule has 2 fully saturated rings. The van der Waals surface area contributed by atoms with Gasteiger partial charge in [-0.15, -0.1) is 0 Å². The summed E-state index contributed by atoms with van der Waals surface area (Å²) < 4.78 is 23.7. The Morgan fingerprint density at radius 1 is 0.796 bits per heavy atom. The minimum Gasteiger partial charge on any atom is -0.493 e. The highest BCUT2D eigenvalue weighted by Crippen LogP contribution is 2.59. The van der Waals surface area contributed by atoms with Gasteiger partial charge in [-0.05, 0) is 110 Å². The lowest BCUT2D eigenvalue weighted by Crippen LogP contribution is -2.62. The van der Waals surface area contributed by atoms with E-state index in [1.807, 2.05) is 12.4 Å². The molecular weight excluding hydrogens is 679 g/mol. The molecule has 7 rings (SSSR count). The van der Waals surface area contributed by atoms with Crippen LogP contribution < -0.4 is 23.8 Å². The zero-order valence-electron chi connectivity index (χ0n) is 33.4. The number of methoxy groups -OCH3 is 4. The van der Waals surface area contributed by atoms with Crippen molar-refractivity contribution in [1.29, 1.82) is 0 Å². The molecule has 4 aliphatic rings. The summed E-state index contributed by atoms with van der Waals surface area (Å²) in [5.74, 6) is 3.49. The van der Waals surface area contributed by atoms with Crippen LogP contribution in [0.15, 0.2) is 48.8 Å². The summed E-state index contributed by atoms with van der Waals surface area (Å²) in [4.78, 5) is 29.0. The van der Waals surface area contributed by atoms with E-state index in [9.17, 15) is 4.79 Å². The number of benzene rings is 2. The molecule has 1 aliphatic carbocycles. The Morgan fingerprint density at radius 2 is 1.44 bits per heavy atom. The SMILES string of the molecule is CCCCCN1CCc2cc(OC)c(OC)cc2C12CCC(C(=O)N1CCN(c3ccncc3)CC1)CC2C1c2cc(OC)c(OC)cc2CCN1CC. The fraction of sp³-hybridized carbons (Fsp3) is 0.591. The van der Waals surface area contributed by atoms with E-state index in [0.717, 1.165) is 114 Å². The molecule has 10 nitrogen and oxygen atoms in total. The average Bonchev–Trinajstić information content (AvgIpc) is 3.23. The van der Waals surface area contributed by atoms with Gasteiger partial charge >= 0.3 is 0 Å². The third-order valence-electron chi connectivity index (χ3n) is 13.1. The number of amides is 1. The Labute approximate surface area is 322 Å². The first-order valence-electron chi connectivity index (χ1n) is 20.3. The summed E-state index contributed by atoms with van der Waals surface area (Å²) in [5.41, 5.74) is 6.20. The van der Waals surface area contributed by atoms with Crippen LogP contribution in [0.1, 0.15) is 80.7 Å². The second kappa shape index (κ2) is 16.8. The van der Waals surface area contributed by atoms with Crippen LogP contribution in [0.25, 0.3) is 0 Å². The molecule has 292 valence electrons. The van der Waals surface area contributed by atoms with Gasteiger partial charge in [-0.2, -0.15) is 0 Å². The van der Waals surface area contributed by atoms with Crippen LogP contribution in [-0.2, 0) is 23.2 Å². The normalized spacial score (nSPS) is 24.5. The summed E-state index contributed by atoms with van der Waals surface area (Å²) in [5, 5.41) is 0. The maximum Gasteiger partial charge on any atom is 0.225 e. The molecule has 0 bridgehead atoms. The van der Waals surface area contributed by atoms with Crippen LogP contribution in [0.3, 0.4) is 0 Å². The van der Waals surface area contributed by atoms with E-state index in [4.69, 9.17) is 18.9 Å². The van der Waals surface area contributed by atoms with E-state index in [1.54, 1.807) is 28.4 Å². The molecule has 0 N–H and O–H groups in total. The van der Waals surface area contributed by atoms with Crippen molar-refractivity contribution < 1.29 is 23.7 Å². The fourth-order valence-corrected chi connectivity index (χ4v) is 10.4. The van der Waals surface area contributed by atoms with Gasteiger partial charge in [-0.25, -0.2) is 0 Å². The quantitative estimate of drug-likeness (QED) is 0.188. The Hall–Kier alpha value is -4.02. The Bertz CT molecular complexity index is 1750. The van der Waals surface area contributed by atoms with Gasteiger partial charge in [0.1, 0.15) is 0 Å². The van der Waals surface area contributed by atoms with Crippen molar-refractivity contribution in [3.8, 4) is 23.0 Å². The highest BCUT2D eigenvalue weighted by molar-refractivity contribution is 5.79. The topological polar surface area (TPSA) is 79.8 Å². The molecule has 3 aromatic rings. The van der Waals surface area contributed by atoms with Crippen molar-refractivity contribution in [1.82, 2.24) is 19.7 Å². The zero-order valence-corrected chi connectivity index (χ0v) is 33.4. The van der Waals surface area contributed by atoms with Gasteiger partial charge in [0.2, 0.25) is 5.91 Å². The highest BCUT2D eigenvalue weighted by atomic mass is 16.5. The molecule has 1 amide bonds. The van der Waals surface area contributed by atoms with Gasteiger partial charge in [-0.3, -0.25) is 19.6 Å². The lowest BCUT2D eigenvalue weighted by Gasteiger charge is -2.60. The molecule has 0 radical (unpaired) electrons. The van der Waals surface area contributed by atoms with E-state index < -0.39 is 0 Å². The van der Waals surface area contributed by atoms with E-state index in [2.05, 4.69) is 74.8 Å². The van der Waals surface area contributed by atoms with Crippen molar-refractivity contribution in [2.45, 2.75) is 76.8 Å². The van der Waals surface area contributed by atoms with Crippen LogP contribution in [0, 0.1) is 11.8 Å². The number of fused-ring (bicyclic) bond motifs is 3. The van der Waals surface area contributed by atoms with Gasteiger partial charge in [0.15, 0.2) is 23.0 Å². The number of hydrogen-bond donors (Lipinski definition) is 0. The number of anilines is 1. The summed E-state index contributed by atoms with van der Waals surface area (Å²) in [6.45, 7) is 11.6. The van der Waals surface area contributed by atoms with Crippen molar-refractivity contribution in [3.05, 3.63) is 71.0 Å². The van der Waals surface area contributed by atoms with E-state index in [-0.39, 0.29) is 23.4 Å². The number of ether oxygens (including phenoxy) is 4. The van der Waals surface area contributed by atoms with Gasteiger partial charge in [0, 0.05) is 75.2 Å². The first-order valence-corrected chi connectivity index (χ1v) is 20.3. The third-order valence-corrected chi connectivity index (χ3v) is 13.1. The first-order chi connectivity index (χ1) is 26.4. The van der Waals surface area contributed by atoms with Crippen molar-refractivity contribution in [2.75, 3.05) is 85.7 Å². The summed E-state index contributed by atoms with van der Waals surface area (Å²) >= 11 is 0. The number of hydrogen-bond acceptors (Lipinski definition) is 9. The molecule has 2 aromatic carbocycles. The third kappa shape index (κ3) is 7.00. The van der Waals surface area contributed by atoms with Gasteiger partial charge in [0.05, 0.1) is 34.0 Å². The number of carbonyl (C=O) groups is 1. The molecule has 1 saturated carbocycles. The van der Waals surface area contributed by atoms with Crippen LogP contribution in [0.4, 0.5) is 5.69 Å². The van der Waals surface area contributed by atoms with Gasteiger partial charge in [-0.1, -0.05) is 26.7 Å². The Morgan fingerprint density at radius 3 is 2.11 bits per heavy atom. The summed E-state index contributed by atoms with van der Waals surface area (Å²) in [7, 11) is 6.94. The largest absolute Gasteiger partial charge is 0.493 e. The number of nitrogens with zero attached hydrogens (tertiary/aromatic N) is 5. The number of unbranched alkanes of at least 4 members (excludes halogenated alkanes) is 2. The van der Waals surface area contributed by atoms with Crippen LogP contribution >= 0.6 is 0 Å². The second-order valence-electron chi connectivity index (χ2n) is 15.6. The average molecular weight is 740 g/mol. The summed E-state index contributed by atoms with van der Waals surface area (Å²) in [6.07, 6.45) is 11.7. The molecule has 1 aromatic heterocycles. The summed E-state index contributed by atoms with van der Waals surface area (Å²) in [6, 6.07) is 13.2. The lowest BCUT2D eigenvalue weighted by atomic mass is 9.58. The molecule has 10 heteroatoms. The molecule has 1 spiro atoms. The minimum absolute atomic E-state index is 0.0552. The second-order valence-corrected chi connectivity index (χ2v) is 15.6. The Kier molecular flexibility index (Phi) is 11.9. The maximum absolute atomic E-state index is 14.8. The maximum atomic E-state index is 14.8. The zero-order chi connectivity index (χ0) is 37.8. The van der Waals surface area contributed by atoms with Crippen molar-refractivity contribution in [3.63, 3.8) is 0 Å². The van der Waals surface area contributed by atoms with E-state index in [1.165, 1.54) is 40.8 Å². The van der Waals surface area contributed by atoms with Crippen molar-refractivity contribution >= 4 is 11.6 Å².